The van der Waals surface area contributed by atoms with Crippen LogP contribution in [0.15, 0.2) is 69.9 Å². The van der Waals surface area contributed by atoms with Crippen molar-refractivity contribution in [2.24, 2.45) is 0 Å². The number of unbranched alkanes of at least 4 members (excludes halogenated alkanes) is 1. The van der Waals surface area contributed by atoms with Crippen molar-refractivity contribution in [3.63, 3.8) is 0 Å². The molecule has 0 aromatic carbocycles. The van der Waals surface area contributed by atoms with Crippen LogP contribution in [0, 0.1) is 0 Å². The number of aliphatic hydroxyl groups is 1. The van der Waals surface area contributed by atoms with Crippen LogP contribution in [0.5, 0.6) is 0 Å². The standard InChI is InChI=1S/C34H58O3S/c1-9-10-27-38(36,37)34(24-23-31(6)19-12-17-29(4)16-11-15-28(2)3)33(8)22-14-21-30(5)18-13-20-32(7)25-26-35/h15,17-18,22-23,25,34-35H,9-14,16,19-21,24,26-27H2,1-8H3. The Balaban J connectivity index is 5.18. The number of hydrogen-bond donors (Lipinski definition) is 1. The van der Waals surface area contributed by atoms with Gasteiger partial charge in [0.25, 0.3) is 0 Å². The summed E-state index contributed by atoms with van der Waals surface area (Å²) in [6, 6.07) is 0. The molecule has 218 valence electrons. The van der Waals surface area contributed by atoms with Crippen molar-refractivity contribution in [1.29, 1.82) is 0 Å². The third-order valence-corrected chi connectivity index (χ3v) is 9.29. The molecule has 0 aliphatic heterocycles. The minimum absolute atomic E-state index is 0.100. The normalized spacial score (nSPS) is 15.1. The molecule has 0 aliphatic carbocycles. The molecule has 0 spiro atoms. The molecule has 1 unspecified atom stereocenters. The second kappa shape index (κ2) is 21.2. The fourth-order valence-corrected chi connectivity index (χ4v) is 6.34. The SMILES string of the molecule is CCCCS(=O)(=O)C(CC=C(C)CCC=C(C)CCC=C(C)C)C(C)=CCCC(C)=CCCC(C)=CCO. The van der Waals surface area contributed by atoms with Gasteiger partial charge >= 0.3 is 0 Å². The van der Waals surface area contributed by atoms with Crippen molar-refractivity contribution in [2.75, 3.05) is 12.4 Å². The Hall–Kier alpha value is -1.65. The van der Waals surface area contributed by atoms with Crippen molar-refractivity contribution < 1.29 is 13.5 Å². The number of sulfone groups is 1. The average Bonchev–Trinajstić information content (AvgIpc) is 2.82. The zero-order chi connectivity index (χ0) is 29.0. The molecule has 38 heavy (non-hydrogen) atoms. The van der Waals surface area contributed by atoms with E-state index in [9.17, 15) is 8.42 Å². The summed E-state index contributed by atoms with van der Waals surface area (Å²) in [7, 11) is -3.18. The highest BCUT2D eigenvalue weighted by Crippen LogP contribution is 2.22. The van der Waals surface area contributed by atoms with Crippen LogP contribution in [0.4, 0.5) is 0 Å². The van der Waals surface area contributed by atoms with Crippen LogP contribution in [-0.4, -0.2) is 31.1 Å². The van der Waals surface area contributed by atoms with Gasteiger partial charge in [-0.2, -0.15) is 0 Å². The molecule has 0 saturated heterocycles. The number of aliphatic hydroxyl groups excluding tert-OH is 1. The van der Waals surface area contributed by atoms with E-state index in [4.69, 9.17) is 5.11 Å². The second-order valence-corrected chi connectivity index (χ2v) is 13.5. The van der Waals surface area contributed by atoms with Crippen LogP contribution < -0.4 is 0 Å². The van der Waals surface area contributed by atoms with E-state index in [1.54, 1.807) is 0 Å². The third-order valence-electron chi connectivity index (χ3n) is 7.00. The largest absolute Gasteiger partial charge is 0.392 e. The van der Waals surface area contributed by atoms with Gasteiger partial charge in [0.2, 0.25) is 0 Å². The number of rotatable bonds is 20. The minimum Gasteiger partial charge on any atom is -0.392 e. The third kappa shape index (κ3) is 18.6. The Labute approximate surface area is 236 Å². The molecule has 1 N–H and O–H groups in total. The summed E-state index contributed by atoms with van der Waals surface area (Å²) >= 11 is 0. The summed E-state index contributed by atoms with van der Waals surface area (Å²) in [5.74, 6) is 0.263. The van der Waals surface area contributed by atoms with Crippen LogP contribution in [0.1, 0.15) is 126 Å². The Kier molecular flexibility index (Phi) is 20.3. The van der Waals surface area contributed by atoms with Crippen molar-refractivity contribution in [2.45, 2.75) is 131 Å². The number of hydrogen-bond acceptors (Lipinski definition) is 3. The summed E-state index contributed by atoms with van der Waals surface area (Å²) in [4.78, 5) is 0. The summed E-state index contributed by atoms with van der Waals surface area (Å²) in [5, 5.41) is 8.55. The molecular weight excluding hydrogens is 488 g/mol. The molecule has 0 bridgehead atoms. The quantitative estimate of drug-likeness (QED) is 0.155. The van der Waals surface area contributed by atoms with Crippen LogP contribution in [0.3, 0.4) is 0 Å². The highest BCUT2D eigenvalue weighted by Gasteiger charge is 2.25. The lowest BCUT2D eigenvalue weighted by molar-refractivity contribution is 0.341. The fourth-order valence-electron chi connectivity index (χ4n) is 4.32. The average molecular weight is 547 g/mol. The Morgan fingerprint density at radius 2 is 1.11 bits per heavy atom. The first kappa shape index (κ1) is 36.4. The highest BCUT2D eigenvalue weighted by atomic mass is 32.2. The van der Waals surface area contributed by atoms with E-state index < -0.39 is 15.1 Å². The van der Waals surface area contributed by atoms with E-state index in [1.807, 2.05) is 26.8 Å². The topological polar surface area (TPSA) is 54.4 Å². The summed E-state index contributed by atoms with van der Waals surface area (Å²) in [6.07, 6.45) is 23.1. The van der Waals surface area contributed by atoms with Gasteiger partial charge in [0.05, 0.1) is 17.6 Å². The molecule has 0 rings (SSSR count). The molecule has 3 nitrogen and oxygen atoms in total. The van der Waals surface area contributed by atoms with Gasteiger partial charge in [-0.25, -0.2) is 8.42 Å². The molecule has 0 aromatic rings. The van der Waals surface area contributed by atoms with Gasteiger partial charge in [-0.15, -0.1) is 0 Å². The lowest BCUT2D eigenvalue weighted by Crippen LogP contribution is -2.25. The van der Waals surface area contributed by atoms with Gasteiger partial charge in [-0.1, -0.05) is 83.2 Å². The fraction of sp³-hybridized carbons (Fsp3) is 0.647. The van der Waals surface area contributed by atoms with Crippen LogP contribution in [0.2, 0.25) is 0 Å². The van der Waals surface area contributed by atoms with Crippen LogP contribution >= 0.6 is 0 Å². The molecule has 1 atom stereocenters. The first-order chi connectivity index (χ1) is 17.9. The van der Waals surface area contributed by atoms with Crippen molar-refractivity contribution >= 4 is 9.84 Å². The monoisotopic (exact) mass is 546 g/mol. The van der Waals surface area contributed by atoms with Crippen molar-refractivity contribution in [1.82, 2.24) is 0 Å². The molecule has 0 aromatic heterocycles. The second-order valence-electron chi connectivity index (χ2n) is 11.2. The van der Waals surface area contributed by atoms with Gasteiger partial charge in [-0.05, 0) is 113 Å². The predicted molar refractivity (Wildman–Crippen MR) is 169 cm³/mol. The van der Waals surface area contributed by atoms with Crippen molar-refractivity contribution in [3.05, 3.63) is 69.9 Å². The molecule has 4 heteroatoms. The van der Waals surface area contributed by atoms with Gasteiger partial charge < -0.3 is 5.11 Å². The van der Waals surface area contributed by atoms with Crippen LogP contribution in [0.25, 0.3) is 0 Å². The molecule has 0 heterocycles. The Morgan fingerprint density at radius 1 is 0.658 bits per heavy atom. The Bertz CT molecular complexity index is 952. The smallest absolute Gasteiger partial charge is 0.157 e. The molecule has 0 aliphatic rings. The van der Waals surface area contributed by atoms with Gasteiger partial charge in [-0.3, -0.25) is 0 Å². The van der Waals surface area contributed by atoms with Gasteiger partial charge in [0.1, 0.15) is 0 Å². The van der Waals surface area contributed by atoms with E-state index in [0.717, 1.165) is 69.8 Å². The van der Waals surface area contributed by atoms with Gasteiger partial charge in [0.15, 0.2) is 9.84 Å². The molecular formula is C34H58O3S. The Morgan fingerprint density at radius 3 is 1.58 bits per heavy atom. The molecule has 0 fully saturated rings. The van der Waals surface area contributed by atoms with E-state index in [0.29, 0.717) is 6.42 Å². The van der Waals surface area contributed by atoms with Crippen LogP contribution in [-0.2, 0) is 9.84 Å². The summed E-state index contributed by atoms with van der Waals surface area (Å²) < 4.78 is 26.5. The van der Waals surface area contributed by atoms with Gasteiger partial charge in [0, 0.05) is 0 Å². The highest BCUT2D eigenvalue weighted by molar-refractivity contribution is 7.92. The summed E-state index contributed by atoms with van der Waals surface area (Å²) in [6.45, 7) is 17.0. The maximum atomic E-state index is 13.2. The minimum atomic E-state index is -3.18. The molecule has 0 amide bonds. The maximum Gasteiger partial charge on any atom is 0.157 e. The maximum absolute atomic E-state index is 13.2. The zero-order valence-electron chi connectivity index (χ0n) is 25.9. The van der Waals surface area contributed by atoms with E-state index in [1.165, 1.54) is 27.9 Å². The molecule has 0 saturated carbocycles. The lowest BCUT2D eigenvalue weighted by Gasteiger charge is -2.18. The zero-order valence-corrected chi connectivity index (χ0v) is 26.7. The predicted octanol–water partition coefficient (Wildman–Crippen LogP) is 9.77. The first-order valence-electron chi connectivity index (χ1n) is 14.7. The van der Waals surface area contributed by atoms with E-state index in [2.05, 4.69) is 65.0 Å². The molecule has 0 radical (unpaired) electrons. The first-order valence-corrected chi connectivity index (χ1v) is 16.4. The lowest BCUT2D eigenvalue weighted by atomic mass is 10.0. The number of allylic oxidation sites excluding steroid dienone is 10. The van der Waals surface area contributed by atoms with E-state index >= 15 is 0 Å². The van der Waals surface area contributed by atoms with Crippen molar-refractivity contribution in [3.8, 4) is 0 Å². The summed E-state index contributed by atoms with van der Waals surface area (Å²) in [5.41, 5.74) is 7.59. The van der Waals surface area contributed by atoms with E-state index in [-0.39, 0.29) is 12.4 Å².